The number of aromatic nitrogens is 1. The molecular formula is C11H11N3O2S. The van der Waals surface area contributed by atoms with Crippen LogP contribution in [0, 0.1) is 17.0 Å². The van der Waals surface area contributed by atoms with Crippen LogP contribution >= 0.6 is 11.3 Å². The number of hydrogen-bond donors (Lipinski definition) is 1. The summed E-state index contributed by atoms with van der Waals surface area (Å²) < 4.78 is 0. The van der Waals surface area contributed by atoms with Gasteiger partial charge in [0.2, 0.25) is 0 Å². The van der Waals surface area contributed by atoms with Crippen molar-refractivity contribution < 1.29 is 4.92 Å². The average Bonchev–Trinajstić information content (AvgIpc) is 2.72. The Labute approximate surface area is 102 Å². The molecule has 0 unspecified atom stereocenters. The molecule has 2 heterocycles. The molecule has 17 heavy (non-hydrogen) atoms. The fraction of sp³-hybridized carbons (Fsp3) is 0.182. The van der Waals surface area contributed by atoms with Crippen LogP contribution in [0.15, 0.2) is 29.2 Å². The fourth-order valence-corrected chi connectivity index (χ4v) is 2.30. The van der Waals surface area contributed by atoms with E-state index in [1.807, 2.05) is 12.3 Å². The van der Waals surface area contributed by atoms with Gasteiger partial charge in [0.1, 0.15) is 11.9 Å². The molecule has 2 aromatic rings. The van der Waals surface area contributed by atoms with Gasteiger partial charge in [-0.25, -0.2) is 0 Å². The second kappa shape index (κ2) is 4.92. The quantitative estimate of drug-likeness (QED) is 0.668. The van der Waals surface area contributed by atoms with Crippen molar-refractivity contribution in [3.05, 3.63) is 50.5 Å². The Kier molecular flexibility index (Phi) is 3.34. The summed E-state index contributed by atoms with van der Waals surface area (Å²) in [7, 11) is 0. The summed E-state index contributed by atoms with van der Waals surface area (Å²) in [5, 5.41) is 17.9. The molecule has 0 fully saturated rings. The van der Waals surface area contributed by atoms with E-state index in [9.17, 15) is 10.1 Å². The fourth-order valence-electron chi connectivity index (χ4n) is 1.44. The Morgan fingerprint density at radius 1 is 1.53 bits per heavy atom. The smallest absolute Gasteiger partial charge is 0.310 e. The number of rotatable bonds is 4. The molecule has 0 aliphatic carbocycles. The molecule has 2 rings (SSSR count). The van der Waals surface area contributed by atoms with E-state index in [0.717, 1.165) is 5.56 Å². The Hall–Kier alpha value is -1.95. The maximum atomic E-state index is 10.8. The van der Waals surface area contributed by atoms with Gasteiger partial charge in [0, 0.05) is 12.7 Å². The van der Waals surface area contributed by atoms with Crippen LogP contribution in [0.2, 0.25) is 0 Å². The van der Waals surface area contributed by atoms with E-state index in [0.29, 0.717) is 12.2 Å². The molecule has 0 spiro atoms. The zero-order valence-electron chi connectivity index (χ0n) is 9.21. The van der Waals surface area contributed by atoms with Crippen molar-refractivity contribution in [3.63, 3.8) is 0 Å². The number of nitrogens with zero attached hydrogens (tertiary/aromatic N) is 2. The topological polar surface area (TPSA) is 68.1 Å². The normalized spacial score (nSPS) is 10.2. The monoisotopic (exact) mass is 249 g/mol. The van der Waals surface area contributed by atoms with E-state index >= 15 is 0 Å². The molecule has 0 bridgehead atoms. The lowest BCUT2D eigenvalue weighted by Gasteiger charge is -2.06. The van der Waals surface area contributed by atoms with Gasteiger partial charge in [0.05, 0.1) is 4.92 Å². The van der Waals surface area contributed by atoms with Crippen molar-refractivity contribution >= 4 is 22.7 Å². The number of nitrogens with one attached hydrogen (secondary N) is 1. The Morgan fingerprint density at radius 2 is 2.35 bits per heavy atom. The second-order valence-corrected chi connectivity index (χ2v) is 4.33. The van der Waals surface area contributed by atoms with Crippen LogP contribution in [0.4, 0.5) is 11.4 Å². The van der Waals surface area contributed by atoms with E-state index in [4.69, 9.17) is 0 Å². The van der Waals surface area contributed by atoms with Gasteiger partial charge in [-0.15, -0.1) is 0 Å². The van der Waals surface area contributed by atoms with Crippen molar-refractivity contribution in [1.82, 2.24) is 4.98 Å². The summed E-state index contributed by atoms with van der Waals surface area (Å²) in [4.78, 5) is 14.1. The highest BCUT2D eigenvalue weighted by atomic mass is 32.1. The minimum atomic E-state index is -0.435. The molecule has 88 valence electrons. The summed E-state index contributed by atoms with van der Waals surface area (Å²) >= 11 is 1.63. The highest BCUT2D eigenvalue weighted by Gasteiger charge is 2.12. The Balaban J connectivity index is 2.14. The number of aryl methyl sites for hydroxylation is 1. The third kappa shape index (κ3) is 2.59. The molecular weight excluding hydrogens is 238 g/mol. The summed E-state index contributed by atoms with van der Waals surface area (Å²) in [5.41, 5.74) is 2.84. The van der Waals surface area contributed by atoms with Crippen LogP contribution in [0.1, 0.15) is 11.1 Å². The lowest BCUT2D eigenvalue weighted by Crippen LogP contribution is -2.03. The van der Waals surface area contributed by atoms with Crippen LogP contribution in [0.25, 0.3) is 0 Å². The van der Waals surface area contributed by atoms with Gasteiger partial charge < -0.3 is 5.32 Å². The van der Waals surface area contributed by atoms with Crippen molar-refractivity contribution in [2.24, 2.45) is 0 Å². The third-order valence-electron chi connectivity index (χ3n) is 2.43. The molecule has 0 saturated heterocycles. The molecule has 5 nitrogen and oxygen atoms in total. The highest BCUT2D eigenvalue weighted by Crippen LogP contribution is 2.23. The van der Waals surface area contributed by atoms with Gasteiger partial charge in [0.15, 0.2) is 0 Å². The Morgan fingerprint density at radius 3 is 3.00 bits per heavy atom. The van der Waals surface area contributed by atoms with Crippen LogP contribution in [-0.4, -0.2) is 9.91 Å². The van der Waals surface area contributed by atoms with Gasteiger partial charge >= 0.3 is 5.69 Å². The van der Waals surface area contributed by atoms with E-state index in [-0.39, 0.29) is 5.69 Å². The highest BCUT2D eigenvalue weighted by molar-refractivity contribution is 7.08. The van der Waals surface area contributed by atoms with Gasteiger partial charge in [-0.2, -0.15) is 11.3 Å². The number of thiophene rings is 1. The first-order valence-corrected chi connectivity index (χ1v) is 5.96. The van der Waals surface area contributed by atoms with Crippen molar-refractivity contribution in [1.29, 1.82) is 0 Å². The first kappa shape index (κ1) is 11.5. The number of anilines is 1. The standard InChI is InChI=1S/C11H11N3O2S/c1-8-6-17-7-9(8)4-13-10-2-3-12-5-11(10)14(15)16/h2-3,5-7H,4H2,1H3,(H,12,13). The van der Waals surface area contributed by atoms with E-state index < -0.39 is 4.92 Å². The third-order valence-corrected chi connectivity index (χ3v) is 3.34. The van der Waals surface area contributed by atoms with E-state index in [2.05, 4.69) is 15.7 Å². The predicted molar refractivity (Wildman–Crippen MR) is 67.3 cm³/mol. The predicted octanol–water partition coefficient (Wildman–Crippen LogP) is 2.97. The molecule has 0 aromatic carbocycles. The van der Waals surface area contributed by atoms with Crippen molar-refractivity contribution in [3.8, 4) is 0 Å². The van der Waals surface area contributed by atoms with E-state index in [1.165, 1.54) is 18.0 Å². The second-order valence-electron chi connectivity index (χ2n) is 3.58. The van der Waals surface area contributed by atoms with Gasteiger partial charge in [-0.3, -0.25) is 15.1 Å². The molecule has 0 aliphatic heterocycles. The number of pyridine rings is 1. The van der Waals surface area contributed by atoms with Crippen LogP contribution in [0.5, 0.6) is 0 Å². The maximum absolute atomic E-state index is 10.8. The van der Waals surface area contributed by atoms with Crippen LogP contribution in [-0.2, 0) is 6.54 Å². The van der Waals surface area contributed by atoms with E-state index in [1.54, 1.807) is 17.4 Å². The molecule has 0 aliphatic rings. The lowest BCUT2D eigenvalue weighted by molar-refractivity contribution is -0.384. The first-order chi connectivity index (χ1) is 8.18. The molecule has 0 atom stereocenters. The minimum absolute atomic E-state index is 0.000354. The van der Waals surface area contributed by atoms with Crippen LogP contribution in [0.3, 0.4) is 0 Å². The Bertz CT molecular complexity index is 539. The van der Waals surface area contributed by atoms with Gasteiger partial charge in [-0.05, 0) is 34.9 Å². The number of hydrogen-bond acceptors (Lipinski definition) is 5. The SMILES string of the molecule is Cc1cscc1CNc1ccncc1[N+](=O)[O-]. The zero-order chi connectivity index (χ0) is 12.3. The minimum Gasteiger partial charge on any atom is -0.375 e. The maximum Gasteiger partial charge on any atom is 0.310 e. The molecule has 0 radical (unpaired) electrons. The molecule has 1 N–H and O–H groups in total. The summed E-state index contributed by atoms with van der Waals surface area (Å²) in [6, 6.07) is 1.61. The molecule has 0 amide bonds. The van der Waals surface area contributed by atoms with Crippen LogP contribution < -0.4 is 5.32 Å². The zero-order valence-corrected chi connectivity index (χ0v) is 10.0. The van der Waals surface area contributed by atoms with Gasteiger partial charge in [0.25, 0.3) is 0 Å². The van der Waals surface area contributed by atoms with Crippen molar-refractivity contribution in [2.75, 3.05) is 5.32 Å². The summed E-state index contributed by atoms with van der Waals surface area (Å²) in [6.45, 7) is 2.61. The van der Waals surface area contributed by atoms with Gasteiger partial charge in [-0.1, -0.05) is 0 Å². The molecule has 0 saturated carbocycles. The number of nitro groups is 1. The average molecular weight is 249 g/mol. The largest absolute Gasteiger partial charge is 0.375 e. The molecule has 2 aromatic heterocycles. The summed E-state index contributed by atoms with van der Waals surface area (Å²) in [6.07, 6.45) is 2.79. The summed E-state index contributed by atoms with van der Waals surface area (Å²) in [5.74, 6) is 0. The first-order valence-electron chi connectivity index (χ1n) is 5.02. The lowest BCUT2D eigenvalue weighted by atomic mass is 10.2. The van der Waals surface area contributed by atoms with Crippen molar-refractivity contribution in [2.45, 2.75) is 13.5 Å². The molecule has 6 heteroatoms.